The van der Waals surface area contributed by atoms with Gasteiger partial charge in [-0.3, -0.25) is 4.79 Å². The molecule has 0 bridgehead atoms. The predicted molar refractivity (Wildman–Crippen MR) is 112 cm³/mol. The number of hydrogen-bond donors (Lipinski definition) is 0. The summed E-state index contributed by atoms with van der Waals surface area (Å²) in [6.07, 6.45) is 1.26. The second-order valence-electron chi connectivity index (χ2n) is 7.71. The van der Waals surface area contributed by atoms with Crippen LogP contribution in [0.2, 0.25) is 5.02 Å². The van der Waals surface area contributed by atoms with Crippen LogP contribution in [0.25, 0.3) is 11.4 Å². The van der Waals surface area contributed by atoms with Crippen molar-refractivity contribution < 1.29 is 18.8 Å². The molecular formula is C21H27ClN4O4. The third-order valence-electron chi connectivity index (χ3n) is 4.78. The first kappa shape index (κ1) is 22.1. The van der Waals surface area contributed by atoms with E-state index in [2.05, 4.69) is 10.1 Å². The largest absolute Gasteiger partial charge is 0.449 e. The number of aryl methyl sites for hydroxylation is 1. The van der Waals surface area contributed by atoms with Gasteiger partial charge < -0.3 is 19.1 Å². The number of rotatable bonds is 7. The maximum atomic E-state index is 12.5. The summed E-state index contributed by atoms with van der Waals surface area (Å²) >= 11 is 5.89. The molecule has 2 amide bonds. The molecule has 0 atom stereocenters. The van der Waals surface area contributed by atoms with Crippen LogP contribution in [0, 0.1) is 5.92 Å². The van der Waals surface area contributed by atoms with Crippen molar-refractivity contribution in [3.63, 3.8) is 0 Å². The van der Waals surface area contributed by atoms with Gasteiger partial charge in [0.25, 0.3) is 0 Å². The topological polar surface area (TPSA) is 88.8 Å². The molecular weight excluding hydrogens is 408 g/mol. The summed E-state index contributed by atoms with van der Waals surface area (Å²) in [7, 11) is 0. The Balaban J connectivity index is 1.38. The zero-order chi connectivity index (χ0) is 21.5. The summed E-state index contributed by atoms with van der Waals surface area (Å²) in [4.78, 5) is 32.3. The maximum absolute atomic E-state index is 12.5. The number of nitrogens with zero attached hydrogens (tertiary/aromatic N) is 4. The van der Waals surface area contributed by atoms with Crippen molar-refractivity contribution in [1.29, 1.82) is 0 Å². The van der Waals surface area contributed by atoms with Crippen molar-refractivity contribution in [3.8, 4) is 11.4 Å². The van der Waals surface area contributed by atoms with Gasteiger partial charge in [-0.15, -0.1) is 0 Å². The van der Waals surface area contributed by atoms with Crippen LogP contribution in [0.3, 0.4) is 0 Å². The molecule has 0 saturated carbocycles. The second kappa shape index (κ2) is 10.4. The van der Waals surface area contributed by atoms with Crippen LogP contribution in [0.1, 0.15) is 32.6 Å². The Hall–Kier alpha value is -2.61. The van der Waals surface area contributed by atoms with E-state index in [9.17, 15) is 9.59 Å². The number of piperazine rings is 1. The average molecular weight is 435 g/mol. The Morgan fingerprint density at radius 3 is 2.47 bits per heavy atom. The molecule has 1 aliphatic heterocycles. The molecule has 1 fully saturated rings. The fraction of sp³-hybridized carbons (Fsp3) is 0.524. The number of carbonyl (C=O) groups excluding carboxylic acids is 2. The fourth-order valence-corrected chi connectivity index (χ4v) is 3.22. The third kappa shape index (κ3) is 6.19. The molecule has 1 aromatic heterocycles. The molecule has 1 aliphatic rings. The van der Waals surface area contributed by atoms with E-state index >= 15 is 0 Å². The highest BCUT2D eigenvalue weighted by atomic mass is 35.5. The standard InChI is InChI=1S/C21H27ClN4O4/c1-15(2)14-29-21(28)26-12-10-25(11-13-26)19(27)5-3-4-18-23-20(24-30-18)16-6-8-17(22)9-7-16/h6-9,15H,3-5,10-14H2,1-2H3. The van der Waals surface area contributed by atoms with Crippen molar-refractivity contribution in [2.75, 3.05) is 32.8 Å². The van der Waals surface area contributed by atoms with Gasteiger partial charge in [0, 0.05) is 49.6 Å². The van der Waals surface area contributed by atoms with Gasteiger partial charge in [0.1, 0.15) is 0 Å². The Bertz CT molecular complexity index is 845. The minimum absolute atomic E-state index is 0.0719. The van der Waals surface area contributed by atoms with Gasteiger partial charge in [0.15, 0.2) is 0 Å². The van der Waals surface area contributed by atoms with Crippen molar-refractivity contribution in [2.45, 2.75) is 33.1 Å². The summed E-state index contributed by atoms with van der Waals surface area (Å²) in [6.45, 7) is 6.45. The quantitative estimate of drug-likeness (QED) is 0.660. The zero-order valence-corrected chi connectivity index (χ0v) is 18.1. The number of ether oxygens (including phenoxy) is 1. The highest BCUT2D eigenvalue weighted by Crippen LogP contribution is 2.19. The fourth-order valence-electron chi connectivity index (χ4n) is 3.09. The van der Waals surface area contributed by atoms with Crippen molar-refractivity contribution >= 4 is 23.6 Å². The van der Waals surface area contributed by atoms with Gasteiger partial charge in [-0.05, 0) is 36.6 Å². The van der Waals surface area contributed by atoms with Crippen LogP contribution < -0.4 is 0 Å². The van der Waals surface area contributed by atoms with Gasteiger partial charge in [0.2, 0.25) is 17.6 Å². The van der Waals surface area contributed by atoms with Crippen molar-refractivity contribution in [2.24, 2.45) is 5.92 Å². The van der Waals surface area contributed by atoms with Gasteiger partial charge in [-0.1, -0.05) is 30.6 Å². The van der Waals surface area contributed by atoms with E-state index < -0.39 is 0 Å². The lowest BCUT2D eigenvalue weighted by Gasteiger charge is -2.34. The number of benzene rings is 1. The van der Waals surface area contributed by atoms with Crippen LogP contribution in [-0.2, 0) is 16.0 Å². The average Bonchev–Trinajstić information content (AvgIpc) is 3.21. The highest BCUT2D eigenvalue weighted by molar-refractivity contribution is 6.30. The van der Waals surface area contributed by atoms with E-state index in [0.29, 0.717) is 74.7 Å². The summed E-state index contributed by atoms with van der Waals surface area (Å²) in [5.41, 5.74) is 0.829. The van der Waals surface area contributed by atoms with E-state index in [0.717, 1.165) is 5.56 Å². The van der Waals surface area contributed by atoms with Crippen LogP contribution in [0.5, 0.6) is 0 Å². The zero-order valence-electron chi connectivity index (χ0n) is 17.3. The summed E-state index contributed by atoms with van der Waals surface area (Å²) in [5, 5.41) is 4.63. The minimum Gasteiger partial charge on any atom is -0.449 e. The molecule has 8 nitrogen and oxygen atoms in total. The van der Waals surface area contributed by atoms with E-state index in [1.165, 1.54) is 0 Å². The van der Waals surface area contributed by atoms with Crippen LogP contribution >= 0.6 is 11.6 Å². The Morgan fingerprint density at radius 2 is 1.80 bits per heavy atom. The Morgan fingerprint density at radius 1 is 1.13 bits per heavy atom. The lowest BCUT2D eigenvalue weighted by Crippen LogP contribution is -2.50. The lowest BCUT2D eigenvalue weighted by molar-refractivity contribution is -0.132. The smallest absolute Gasteiger partial charge is 0.409 e. The molecule has 30 heavy (non-hydrogen) atoms. The molecule has 0 unspecified atom stereocenters. The predicted octanol–water partition coefficient (Wildman–Crippen LogP) is 3.65. The van der Waals surface area contributed by atoms with Gasteiger partial charge in [0.05, 0.1) is 6.61 Å². The minimum atomic E-state index is -0.302. The Kier molecular flexibility index (Phi) is 7.68. The summed E-state index contributed by atoms with van der Waals surface area (Å²) in [6, 6.07) is 7.21. The lowest BCUT2D eigenvalue weighted by atomic mass is 10.2. The summed E-state index contributed by atoms with van der Waals surface area (Å²) in [5.74, 6) is 1.39. The first-order chi connectivity index (χ1) is 14.4. The molecule has 2 heterocycles. The van der Waals surface area contributed by atoms with Crippen molar-refractivity contribution in [1.82, 2.24) is 19.9 Å². The van der Waals surface area contributed by atoms with Crippen LogP contribution in [-0.4, -0.2) is 64.7 Å². The van der Waals surface area contributed by atoms with Crippen LogP contribution in [0.4, 0.5) is 4.79 Å². The first-order valence-corrected chi connectivity index (χ1v) is 10.6. The van der Waals surface area contributed by atoms with Gasteiger partial charge >= 0.3 is 6.09 Å². The van der Waals surface area contributed by atoms with Crippen molar-refractivity contribution in [3.05, 3.63) is 35.2 Å². The Labute approximate surface area is 181 Å². The monoisotopic (exact) mass is 434 g/mol. The SMILES string of the molecule is CC(C)COC(=O)N1CCN(C(=O)CCCc2nc(-c3ccc(Cl)cc3)no2)CC1. The van der Waals surface area contributed by atoms with E-state index in [1.54, 1.807) is 21.9 Å². The van der Waals surface area contributed by atoms with E-state index in [-0.39, 0.29) is 12.0 Å². The maximum Gasteiger partial charge on any atom is 0.409 e. The molecule has 3 rings (SSSR count). The molecule has 0 radical (unpaired) electrons. The molecule has 0 aliphatic carbocycles. The molecule has 0 N–H and O–H groups in total. The molecule has 9 heteroatoms. The number of amides is 2. The normalized spacial score (nSPS) is 14.3. The molecule has 2 aromatic rings. The van der Waals surface area contributed by atoms with E-state index in [4.69, 9.17) is 20.9 Å². The molecule has 1 saturated heterocycles. The third-order valence-corrected chi connectivity index (χ3v) is 5.03. The van der Waals surface area contributed by atoms with Crippen LogP contribution in [0.15, 0.2) is 28.8 Å². The molecule has 1 aromatic carbocycles. The number of carbonyl (C=O) groups is 2. The number of aromatic nitrogens is 2. The number of halogens is 1. The van der Waals surface area contributed by atoms with E-state index in [1.807, 2.05) is 26.0 Å². The molecule has 162 valence electrons. The molecule has 0 spiro atoms. The summed E-state index contributed by atoms with van der Waals surface area (Å²) < 4.78 is 10.5. The first-order valence-electron chi connectivity index (χ1n) is 10.2. The number of hydrogen-bond acceptors (Lipinski definition) is 6. The second-order valence-corrected chi connectivity index (χ2v) is 8.15. The van der Waals surface area contributed by atoms with Gasteiger partial charge in [-0.2, -0.15) is 4.98 Å². The highest BCUT2D eigenvalue weighted by Gasteiger charge is 2.25. The van der Waals surface area contributed by atoms with Gasteiger partial charge in [-0.25, -0.2) is 4.79 Å².